The number of methoxy groups -OCH3 is 1. The summed E-state index contributed by atoms with van der Waals surface area (Å²) in [6.45, 7) is 3.91. The molecular formula is C28H39FN2O3S. The smallest absolute Gasteiger partial charge is 0.242 e. The molecule has 1 aromatic carbocycles. The first kappa shape index (κ1) is 27.3. The Labute approximate surface area is 213 Å². The zero-order valence-corrected chi connectivity index (χ0v) is 22.0. The van der Waals surface area contributed by atoms with Crippen LogP contribution < -0.4 is 0 Å². The van der Waals surface area contributed by atoms with E-state index in [1.54, 1.807) is 35.5 Å². The van der Waals surface area contributed by atoms with Crippen LogP contribution in [0.3, 0.4) is 0 Å². The highest BCUT2D eigenvalue weighted by Crippen LogP contribution is 2.38. The molecule has 35 heavy (non-hydrogen) atoms. The molecule has 7 heteroatoms. The number of carbonyl (C=O) groups is 2. The molecule has 1 aromatic heterocycles. The van der Waals surface area contributed by atoms with Gasteiger partial charge in [0, 0.05) is 38.1 Å². The number of carbonyl (C=O) groups excluding carboxylic acids is 2. The number of hydrogen-bond acceptors (Lipinski definition) is 4. The topological polar surface area (TPSA) is 49.9 Å². The van der Waals surface area contributed by atoms with Crippen molar-refractivity contribution in [2.75, 3.05) is 33.4 Å². The lowest BCUT2D eigenvalue weighted by Crippen LogP contribution is -2.47. The molecule has 0 fully saturated rings. The fourth-order valence-electron chi connectivity index (χ4n) is 4.75. The van der Waals surface area contributed by atoms with E-state index in [9.17, 15) is 14.0 Å². The second-order valence-corrected chi connectivity index (χ2v) is 10.3. The first-order valence-electron chi connectivity index (χ1n) is 12.9. The van der Waals surface area contributed by atoms with Crippen LogP contribution in [0.5, 0.6) is 0 Å². The fourth-order valence-corrected chi connectivity index (χ4v) is 5.65. The van der Waals surface area contributed by atoms with E-state index in [1.165, 1.54) is 36.3 Å². The molecule has 0 N–H and O–H groups in total. The van der Waals surface area contributed by atoms with Crippen molar-refractivity contribution in [1.29, 1.82) is 0 Å². The Kier molecular flexibility index (Phi) is 11.2. The molecule has 1 aliphatic rings. The predicted molar refractivity (Wildman–Crippen MR) is 139 cm³/mol. The van der Waals surface area contributed by atoms with Gasteiger partial charge < -0.3 is 14.5 Å². The Morgan fingerprint density at radius 3 is 2.57 bits per heavy atom. The summed E-state index contributed by atoms with van der Waals surface area (Å²) in [5.74, 6) is -0.320. The van der Waals surface area contributed by atoms with Gasteiger partial charge in [-0.05, 0) is 54.0 Å². The van der Waals surface area contributed by atoms with Gasteiger partial charge in [-0.2, -0.15) is 0 Å². The molecule has 0 aliphatic carbocycles. The molecule has 2 heterocycles. The van der Waals surface area contributed by atoms with Crippen molar-refractivity contribution in [1.82, 2.24) is 9.80 Å². The van der Waals surface area contributed by atoms with Crippen molar-refractivity contribution in [3.8, 4) is 0 Å². The molecule has 3 rings (SSSR count). The standard InChI is InChI=1S/C28H39FN2O3S/c1-3-4-5-6-7-8-10-26(32)30(17-9-19-34-2)21-27(33)31-18-15-25-24(16-20-35-25)28(31)22-11-13-23(29)14-12-22/h11-14,16,20,28H,3-10,15,17-19,21H2,1-2H3. The highest BCUT2D eigenvalue weighted by Gasteiger charge is 2.33. The molecule has 0 saturated heterocycles. The van der Waals surface area contributed by atoms with E-state index in [2.05, 4.69) is 18.4 Å². The average molecular weight is 503 g/mol. The number of nitrogens with zero attached hydrogens (tertiary/aromatic N) is 2. The lowest BCUT2D eigenvalue weighted by molar-refractivity contribution is -0.142. The van der Waals surface area contributed by atoms with Crippen molar-refractivity contribution in [3.05, 3.63) is 57.5 Å². The largest absolute Gasteiger partial charge is 0.385 e. The monoisotopic (exact) mass is 502 g/mol. The summed E-state index contributed by atoms with van der Waals surface area (Å²) in [6, 6.07) is 8.21. The van der Waals surface area contributed by atoms with Crippen LogP contribution >= 0.6 is 11.3 Å². The summed E-state index contributed by atoms with van der Waals surface area (Å²) >= 11 is 1.70. The van der Waals surface area contributed by atoms with E-state index >= 15 is 0 Å². The minimum absolute atomic E-state index is 0.0384. The van der Waals surface area contributed by atoms with Crippen LogP contribution in [0.25, 0.3) is 0 Å². The van der Waals surface area contributed by atoms with Crippen LogP contribution in [0.2, 0.25) is 0 Å². The fraction of sp³-hybridized carbons (Fsp3) is 0.571. The van der Waals surface area contributed by atoms with Gasteiger partial charge in [0.2, 0.25) is 11.8 Å². The van der Waals surface area contributed by atoms with Crippen molar-refractivity contribution >= 4 is 23.2 Å². The molecule has 1 unspecified atom stereocenters. The molecule has 1 aliphatic heterocycles. The maximum absolute atomic E-state index is 13.6. The zero-order valence-electron chi connectivity index (χ0n) is 21.1. The van der Waals surface area contributed by atoms with Gasteiger partial charge in [-0.15, -0.1) is 11.3 Å². The molecule has 2 amide bonds. The van der Waals surface area contributed by atoms with Crippen molar-refractivity contribution < 1.29 is 18.7 Å². The Morgan fingerprint density at radius 1 is 1.09 bits per heavy atom. The lowest BCUT2D eigenvalue weighted by Gasteiger charge is -2.37. The van der Waals surface area contributed by atoms with Gasteiger partial charge in [-0.3, -0.25) is 9.59 Å². The quantitative estimate of drug-likeness (QED) is 0.299. The number of thiophene rings is 1. The number of unbranched alkanes of at least 4 members (excludes halogenated alkanes) is 5. The summed E-state index contributed by atoms with van der Waals surface area (Å²) in [7, 11) is 1.65. The van der Waals surface area contributed by atoms with Gasteiger partial charge in [0.15, 0.2) is 0 Å². The third kappa shape index (κ3) is 7.87. The third-order valence-corrected chi connectivity index (χ3v) is 7.67. The SMILES string of the molecule is CCCCCCCCC(=O)N(CCCOC)CC(=O)N1CCc2sccc2C1c1ccc(F)cc1. The minimum Gasteiger partial charge on any atom is -0.385 e. The van der Waals surface area contributed by atoms with Crippen molar-refractivity contribution in [2.45, 2.75) is 70.8 Å². The van der Waals surface area contributed by atoms with Crippen molar-refractivity contribution in [3.63, 3.8) is 0 Å². The molecule has 1 atom stereocenters. The van der Waals surface area contributed by atoms with Crippen molar-refractivity contribution in [2.24, 2.45) is 0 Å². The van der Waals surface area contributed by atoms with Crippen LogP contribution in [-0.4, -0.2) is 55.0 Å². The zero-order chi connectivity index (χ0) is 25.0. The second kappa shape index (κ2) is 14.3. The summed E-state index contributed by atoms with van der Waals surface area (Å²) in [4.78, 5) is 31.5. The summed E-state index contributed by atoms with van der Waals surface area (Å²) < 4.78 is 18.8. The summed E-state index contributed by atoms with van der Waals surface area (Å²) in [6.07, 6.45) is 8.68. The number of rotatable bonds is 14. The number of halogens is 1. The predicted octanol–water partition coefficient (Wildman–Crippen LogP) is 5.98. The normalized spacial score (nSPS) is 15.2. The number of fused-ring (bicyclic) bond motifs is 1. The van der Waals surface area contributed by atoms with Gasteiger partial charge in [-0.25, -0.2) is 4.39 Å². The Bertz CT molecular complexity index is 931. The molecular weight excluding hydrogens is 463 g/mol. The Balaban J connectivity index is 1.69. The van der Waals surface area contributed by atoms with Gasteiger partial charge in [0.1, 0.15) is 5.82 Å². The number of hydrogen-bond donors (Lipinski definition) is 0. The minimum atomic E-state index is -0.294. The first-order chi connectivity index (χ1) is 17.0. The number of benzene rings is 1. The molecule has 0 saturated carbocycles. The van der Waals surface area contributed by atoms with E-state index < -0.39 is 0 Å². The Morgan fingerprint density at radius 2 is 1.83 bits per heavy atom. The van der Waals surface area contributed by atoms with E-state index in [-0.39, 0.29) is 30.2 Å². The molecule has 0 bridgehead atoms. The van der Waals surface area contributed by atoms with Crippen LogP contribution in [-0.2, 0) is 20.7 Å². The van der Waals surface area contributed by atoms with Crippen LogP contribution in [0.15, 0.2) is 35.7 Å². The maximum Gasteiger partial charge on any atom is 0.242 e. The first-order valence-corrected chi connectivity index (χ1v) is 13.8. The van der Waals surface area contributed by atoms with Crippen LogP contribution in [0, 0.1) is 5.82 Å². The van der Waals surface area contributed by atoms with E-state index in [0.717, 1.165) is 36.8 Å². The lowest BCUT2D eigenvalue weighted by atomic mass is 9.93. The van der Waals surface area contributed by atoms with Gasteiger partial charge in [0.25, 0.3) is 0 Å². The summed E-state index contributed by atoms with van der Waals surface area (Å²) in [5, 5.41) is 2.05. The number of amides is 2. The maximum atomic E-state index is 13.6. The molecule has 5 nitrogen and oxygen atoms in total. The van der Waals surface area contributed by atoms with Crippen LogP contribution in [0.4, 0.5) is 4.39 Å². The average Bonchev–Trinajstić information content (AvgIpc) is 3.34. The van der Waals surface area contributed by atoms with E-state index in [1.807, 2.05) is 4.90 Å². The summed E-state index contributed by atoms with van der Waals surface area (Å²) in [5.41, 5.74) is 1.99. The molecule has 0 radical (unpaired) electrons. The van der Waals surface area contributed by atoms with Gasteiger partial charge in [-0.1, -0.05) is 51.2 Å². The van der Waals surface area contributed by atoms with Gasteiger partial charge >= 0.3 is 0 Å². The Hall–Kier alpha value is -2.25. The van der Waals surface area contributed by atoms with E-state index in [4.69, 9.17) is 4.74 Å². The highest BCUT2D eigenvalue weighted by atomic mass is 32.1. The molecule has 192 valence electrons. The van der Waals surface area contributed by atoms with E-state index in [0.29, 0.717) is 32.5 Å². The number of ether oxygens (including phenoxy) is 1. The molecule has 0 spiro atoms. The highest BCUT2D eigenvalue weighted by molar-refractivity contribution is 7.10. The molecule has 2 aromatic rings. The second-order valence-electron chi connectivity index (χ2n) is 9.27. The van der Waals surface area contributed by atoms with Gasteiger partial charge in [0.05, 0.1) is 12.6 Å². The third-order valence-electron chi connectivity index (χ3n) is 6.67. The van der Waals surface area contributed by atoms with Crippen LogP contribution in [0.1, 0.15) is 80.3 Å².